The molecule has 0 unspecified atom stereocenters. The third-order valence-corrected chi connectivity index (χ3v) is 2.95. The summed E-state index contributed by atoms with van der Waals surface area (Å²) in [5.74, 6) is 0. The molecule has 0 radical (unpaired) electrons. The zero-order valence-electron chi connectivity index (χ0n) is 8.64. The standard InChI is InChI=1S/C11H8BCl2NO2/c13-10-4-2-1-3-8(10)9-5-7(12(16)17)6-15-11(9)14/h1-6,16-17H. The van der Waals surface area contributed by atoms with Gasteiger partial charge in [0, 0.05) is 27.8 Å². The summed E-state index contributed by atoms with van der Waals surface area (Å²) in [7, 11) is -1.58. The predicted molar refractivity (Wildman–Crippen MR) is 69.5 cm³/mol. The Balaban J connectivity index is 2.59. The third kappa shape index (κ3) is 2.61. The maximum atomic E-state index is 9.09. The second-order valence-electron chi connectivity index (χ2n) is 3.46. The van der Waals surface area contributed by atoms with Crippen LogP contribution < -0.4 is 5.46 Å². The van der Waals surface area contributed by atoms with E-state index in [2.05, 4.69) is 4.98 Å². The minimum Gasteiger partial charge on any atom is -0.423 e. The van der Waals surface area contributed by atoms with E-state index in [0.29, 0.717) is 16.1 Å². The van der Waals surface area contributed by atoms with Crippen molar-refractivity contribution < 1.29 is 10.0 Å². The molecule has 86 valence electrons. The van der Waals surface area contributed by atoms with Crippen LogP contribution in [-0.4, -0.2) is 22.2 Å². The SMILES string of the molecule is OB(O)c1cnc(Cl)c(-c2ccccc2Cl)c1. The molecule has 2 N–H and O–H groups in total. The van der Waals surface area contributed by atoms with Crippen molar-refractivity contribution >= 4 is 35.8 Å². The molecule has 1 heterocycles. The highest BCUT2D eigenvalue weighted by Crippen LogP contribution is 2.30. The second kappa shape index (κ2) is 5.06. The zero-order valence-corrected chi connectivity index (χ0v) is 10.2. The van der Waals surface area contributed by atoms with E-state index in [1.807, 2.05) is 6.07 Å². The van der Waals surface area contributed by atoms with Gasteiger partial charge in [0.15, 0.2) is 0 Å². The first-order chi connectivity index (χ1) is 8.09. The molecule has 0 saturated carbocycles. The molecule has 1 aromatic carbocycles. The average molecular weight is 268 g/mol. The molecule has 6 heteroatoms. The number of nitrogens with zero attached hydrogens (tertiary/aromatic N) is 1. The Morgan fingerprint density at radius 3 is 2.41 bits per heavy atom. The van der Waals surface area contributed by atoms with Gasteiger partial charge in [-0.05, 0) is 12.1 Å². The minimum atomic E-state index is -1.58. The van der Waals surface area contributed by atoms with Crippen LogP contribution in [0.25, 0.3) is 11.1 Å². The first-order valence-electron chi connectivity index (χ1n) is 4.86. The summed E-state index contributed by atoms with van der Waals surface area (Å²) in [5, 5.41) is 19.0. The fourth-order valence-corrected chi connectivity index (χ4v) is 1.92. The maximum absolute atomic E-state index is 9.09. The van der Waals surface area contributed by atoms with Gasteiger partial charge in [0.25, 0.3) is 0 Å². The molecule has 2 rings (SSSR count). The van der Waals surface area contributed by atoms with Crippen LogP contribution in [-0.2, 0) is 0 Å². The van der Waals surface area contributed by atoms with E-state index in [1.165, 1.54) is 6.20 Å². The van der Waals surface area contributed by atoms with Gasteiger partial charge in [0.05, 0.1) is 0 Å². The lowest BCUT2D eigenvalue weighted by Gasteiger charge is -2.08. The van der Waals surface area contributed by atoms with Crippen molar-refractivity contribution in [3.05, 3.63) is 46.7 Å². The molecular weight excluding hydrogens is 260 g/mol. The van der Waals surface area contributed by atoms with Crippen LogP contribution in [0, 0.1) is 0 Å². The van der Waals surface area contributed by atoms with Gasteiger partial charge in [-0.3, -0.25) is 0 Å². The summed E-state index contributed by atoms with van der Waals surface area (Å²) in [6.45, 7) is 0. The van der Waals surface area contributed by atoms with E-state index in [4.69, 9.17) is 33.2 Å². The molecule has 0 aliphatic carbocycles. The summed E-state index contributed by atoms with van der Waals surface area (Å²) in [6, 6.07) is 8.70. The lowest BCUT2D eigenvalue weighted by atomic mass is 9.80. The lowest BCUT2D eigenvalue weighted by molar-refractivity contribution is 0.425. The normalized spacial score (nSPS) is 10.4. The van der Waals surface area contributed by atoms with Crippen molar-refractivity contribution in [2.45, 2.75) is 0 Å². The Morgan fingerprint density at radius 1 is 1.06 bits per heavy atom. The number of pyridine rings is 1. The van der Waals surface area contributed by atoms with Crippen molar-refractivity contribution in [3.63, 3.8) is 0 Å². The smallest absolute Gasteiger partial charge is 0.423 e. The molecular formula is C11H8BCl2NO2. The number of halogens is 2. The number of benzene rings is 1. The van der Waals surface area contributed by atoms with Crippen LogP contribution in [0.15, 0.2) is 36.5 Å². The van der Waals surface area contributed by atoms with E-state index in [-0.39, 0.29) is 10.6 Å². The zero-order chi connectivity index (χ0) is 12.4. The molecule has 1 aromatic heterocycles. The van der Waals surface area contributed by atoms with Crippen molar-refractivity contribution in [2.24, 2.45) is 0 Å². The summed E-state index contributed by atoms with van der Waals surface area (Å²) < 4.78 is 0. The average Bonchev–Trinajstić information content (AvgIpc) is 2.30. The van der Waals surface area contributed by atoms with E-state index in [9.17, 15) is 0 Å². The Bertz CT molecular complexity index is 549. The molecule has 0 bridgehead atoms. The number of hydrogen-bond donors (Lipinski definition) is 2. The topological polar surface area (TPSA) is 53.4 Å². The van der Waals surface area contributed by atoms with E-state index >= 15 is 0 Å². The van der Waals surface area contributed by atoms with Gasteiger partial charge in [-0.25, -0.2) is 4.98 Å². The van der Waals surface area contributed by atoms with Gasteiger partial charge in [0.2, 0.25) is 0 Å². The molecule has 3 nitrogen and oxygen atoms in total. The van der Waals surface area contributed by atoms with E-state index in [1.54, 1.807) is 24.3 Å². The molecule has 0 spiro atoms. The number of aromatic nitrogens is 1. The fraction of sp³-hybridized carbons (Fsp3) is 0. The molecule has 0 amide bonds. The van der Waals surface area contributed by atoms with Crippen LogP contribution >= 0.6 is 23.2 Å². The predicted octanol–water partition coefficient (Wildman–Crippen LogP) is 1.74. The Kier molecular flexibility index (Phi) is 3.69. The number of rotatable bonds is 2. The van der Waals surface area contributed by atoms with Crippen molar-refractivity contribution in [3.8, 4) is 11.1 Å². The maximum Gasteiger partial charge on any atom is 0.490 e. The quantitative estimate of drug-likeness (QED) is 0.644. The summed E-state index contributed by atoms with van der Waals surface area (Å²) in [6.07, 6.45) is 1.31. The van der Waals surface area contributed by atoms with Gasteiger partial charge >= 0.3 is 7.12 Å². The highest BCUT2D eigenvalue weighted by molar-refractivity contribution is 6.58. The molecule has 0 aliphatic rings. The van der Waals surface area contributed by atoms with Crippen LogP contribution in [0.2, 0.25) is 10.2 Å². The summed E-state index contributed by atoms with van der Waals surface area (Å²) in [4.78, 5) is 3.90. The lowest BCUT2D eigenvalue weighted by Crippen LogP contribution is -2.30. The van der Waals surface area contributed by atoms with Crippen LogP contribution in [0.4, 0.5) is 0 Å². The van der Waals surface area contributed by atoms with Crippen LogP contribution in [0.3, 0.4) is 0 Å². The Morgan fingerprint density at radius 2 is 1.76 bits per heavy atom. The van der Waals surface area contributed by atoms with Gasteiger partial charge in [-0.15, -0.1) is 0 Å². The monoisotopic (exact) mass is 267 g/mol. The number of hydrogen-bond acceptors (Lipinski definition) is 3. The molecule has 17 heavy (non-hydrogen) atoms. The molecule has 2 aromatic rings. The van der Waals surface area contributed by atoms with Gasteiger partial charge in [-0.1, -0.05) is 41.4 Å². The largest absolute Gasteiger partial charge is 0.490 e. The fourth-order valence-electron chi connectivity index (χ4n) is 1.47. The molecule has 0 aliphatic heterocycles. The van der Waals surface area contributed by atoms with Crippen molar-refractivity contribution in [2.75, 3.05) is 0 Å². The second-order valence-corrected chi connectivity index (χ2v) is 4.23. The highest BCUT2D eigenvalue weighted by atomic mass is 35.5. The van der Waals surface area contributed by atoms with E-state index in [0.717, 1.165) is 0 Å². The van der Waals surface area contributed by atoms with Crippen molar-refractivity contribution in [1.82, 2.24) is 4.98 Å². The first kappa shape index (κ1) is 12.4. The van der Waals surface area contributed by atoms with Crippen LogP contribution in [0.5, 0.6) is 0 Å². The molecule has 0 saturated heterocycles. The van der Waals surface area contributed by atoms with Gasteiger partial charge < -0.3 is 10.0 Å². The highest BCUT2D eigenvalue weighted by Gasteiger charge is 2.15. The Hall–Kier alpha value is -1.07. The van der Waals surface area contributed by atoms with Gasteiger partial charge in [-0.2, -0.15) is 0 Å². The Labute approximate surface area is 109 Å². The molecule has 0 atom stereocenters. The summed E-state index contributed by atoms with van der Waals surface area (Å²) >= 11 is 12.0. The molecule has 0 fully saturated rings. The first-order valence-corrected chi connectivity index (χ1v) is 5.61. The van der Waals surface area contributed by atoms with Crippen molar-refractivity contribution in [1.29, 1.82) is 0 Å². The minimum absolute atomic E-state index is 0.266. The van der Waals surface area contributed by atoms with Gasteiger partial charge in [0.1, 0.15) is 5.15 Å². The van der Waals surface area contributed by atoms with E-state index < -0.39 is 7.12 Å². The van der Waals surface area contributed by atoms with Crippen LogP contribution in [0.1, 0.15) is 0 Å². The summed E-state index contributed by atoms with van der Waals surface area (Å²) in [5.41, 5.74) is 1.54. The third-order valence-electron chi connectivity index (χ3n) is 2.32.